The number of nitrogens with two attached hydrogens (primary N) is 1. The Morgan fingerprint density at radius 3 is 2.67 bits per heavy atom. The monoisotopic (exact) mass is 257 g/mol. The topological polar surface area (TPSA) is 26.0 Å². The Kier molecular flexibility index (Phi) is 3.48. The Labute approximate surface area is 113 Å². The Balaban J connectivity index is 1.76. The van der Waals surface area contributed by atoms with E-state index < -0.39 is 0 Å². The summed E-state index contributed by atoms with van der Waals surface area (Å²) in [5.41, 5.74) is 9.24. The minimum Gasteiger partial charge on any atom is -0.323 e. The molecule has 0 aliphatic heterocycles. The van der Waals surface area contributed by atoms with Gasteiger partial charge < -0.3 is 5.73 Å². The molecule has 18 heavy (non-hydrogen) atoms. The highest BCUT2D eigenvalue weighted by Gasteiger charge is 2.16. The largest absolute Gasteiger partial charge is 0.323 e. The average Bonchev–Trinajstić information content (AvgIpc) is 2.84. The normalized spacial score (nSPS) is 16.3. The lowest BCUT2D eigenvalue weighted by Crippen LogP contribution is -2.11. The van der Waals surface area contributed by atoms with Gasteiger partial charge in [-0.05, 0) is 49.3 Å². The third kappa shape index (κ3) is 2.50. The number of rotatable bonds is 3. The molecule has 1 heterocycles. The van der Waals surface area contributed by atoms with Gasteiger partial charge in [0.05, 0.1) is 0 Å². The minimum atomic E-state index is 0.156. The first-order valence-electron chi connectivity index (χ1n) is 6.74. The van der Waals surface area contributed by atoms with Crippen LogP contribution in [0.4, 0.5) is 0 Å². The van der Waals surface area contributed by atoms with Crippen molar-refractivity contribution in [2.75, 3.05) is 0 Å². The Hall–Kier alpha value is -1.12. The third-order valence-electron chi connectivity index (χ3n) is 3.68. The zero-order valence-corrected chi connectivity index (χ0v) is 11.4. The van der Waals surface area contributed by atoms with Crippen LogP contribution in [0.15, 0.2) is 36.4 Å². The molecule has 0 spiro atoms. The van der Waals surface area contributed by atoms with E-state index in [1.54, 1.807) is 10.4 Å². The van der Waals surface area contributed by atoms with Gasteiger partial charge in [-0.2, -0.15) is 0 Å². The van der Waals surface area contributed by atoms with Crippen LogP contribution in [0.25, 0.3) is 0 Å². The zero-order chi connectivity index (χ0) is 12.4. The van der Waals surface area contributed by atoms with E-state index in [0.717, 1.165) is 6.42 Å². The molecular weight excluding hydrogens is 238 g/mol. The highest BCUT2D eigenvalue weighted by atomic mass is 32.1. The van der Waals surface area contributed by atoms with Gasteiger partial charge in [0.15, 0.2) is 0 Å². The highest BCUT2D eigenvalue weighted by molar-refractivity contribution is 7.12. The van der Waals surface area contributed by atoms with E-state index in [9.17, 15) is 0 Å². The molecule has 1 atom stereocenters. The molecule has 2 aromatic rings. The zero-order valence-electron chi connectivity index (χ0n) is 10.6. The molecule has 2 N–H and O–H groups in total. The fourth-order valence-electron chi connectivity index (χ4n) is 2.67. The number of aryl methyl sites for hydroxylation is 2. The van der Waals surface area contributed by atoms with Gasteiger partial charge >= 0.3 is 0 Å². The first-order chi connectivity index (χ1) is 8.83. The van der Waals surface area contributed by atoms with Crippen molar-refractivity contribution in [3.8, 4) is 0 Å². The van der Waals surface area contributed by atoms with E-state index in [4.69, 9.17) is 5.73 Å². The maximum atomic E-state index is 6.35. The van der Waals surface area contributed by atoms with Crippen molar-refractivity contribution in [3.63, 3.8) is 0 Å². The van der Waals surface area contributed by atoms with Crippen molar-refractivity contribution >= 4 is 11.3 Å². The maximum absolute atomic E-state index is 6.35. The number of hydrogen-bond acceptors (Lipinski definition) is 2. The summed E-state index contributed by atoms with van der Waals surface area (Å²) in [4.78, 5) is 2.95. The average molecular weight is 257 g/mol. The van der Waals surface area contributed by atoms with Crippen LogP contribution in [0.1, 0.15) is 39.8 Å². The molecule has 0 saturated heterocycles. The summed E-state index contributed by atoms with van der Waals surface area (Å²) in [6.45, 7) is 0. The Bertz CT molecular complexity index is 492. The summed E-state index contributed by atoms with van der Waals surface area (Å²) < 4.78 is 0. The molecule has 0 bridgehead atoms. The van der Waals surface area contributed by atoms with Crippen molar-refractivity contribution in [3.05, 3.63) is 57.3 Å². The highest BCUT2D eigenvalue weighted by Crippen LogP contribution is 2.33. The first-order valence-corrected chi connectivity index (χ1v) is 7.55. The SMILES string of the molecule is NC(Cc1ccccc1)c1cc2c(s1)CCCC2. The Morgan fingerprint density at radius 1 is 1.11 bits per heavy atom. The number of thiophene rings is 1. The van der Waals surface area contributed by atoms with Crippen LogP contribution >= 0.6 is 11.3 Å². The first kappa shape index (κ1) is 11.9. The molecule has 1 nitrogen and oxygen atoms in total. The van der Waals surface area contributed by atoms with Crippen LogP contribution in [-0.4, -0.2) is 0 Å². The third-order valence-corrected chi connectivity index (χ3v) is 5.05. The quantitative estimate of drug-likeness (QED) is 0.887. The van der Waals surface area contributed by atoms with E-state index in [1.165, 1.54) is 36.1 Å². The van der Waals surface area contributed by atoms with Crippen LogP contribution in [0, 0.1) is 0 Å². The number of hydrogen-bond donors (Lipinski definition) is 1. The summed E-state index contributed by atoms with van der Waals surface area (Å²) in [6.07, 6.45) is 6.15. The van der Waals surface area contributed by atoms with Crippen LogP contribution in [0.3, 0.4) is 0 Å². The molecule has 0 fully saturated rings. The molecule has 1 aliphatic rings. The molecule has 3 rings (SSSR count). The molecule has 1 aromatic carbocycles. The van der Waals surface area contributed by atoms with Crippen LogP contribution in [0.5, 0.6) is 0 Å². The fraction of sp³-hybridized carbons (Fsp3) is 0.375. The van der Waals surface area contributed by atoms with Crippen LogP contribution in [0.2, 0.25) is 0 Å². The lowest BCUT2D eigenvalue weighted by Gasteiger charge is -2.09. The summed E-state index contributed by atoms with van der Waals surface area (Å²) in [7, 11) is 0. The molecule has 94 valence electrons. The molecule has 1 aliphatic carbocycles. The summed E-state index contributed by atoms with van der Waals surface area (Å²) in [5.74, 6) is 0. The van der Waals surface area contributed by atoms with Gasteiger partial charge in [0.2, 0.25) is 0 Å². The van der Waals surface area contributed by atoms with Gasteiger partial charge in [0, 0.05) is 15.8 Å². The fourth-order valence-corrected chi connectivity index (χ4v) is 3.92. The molecule has 0 radical (unpaired) electrons. The second-order valence-corrected chi connectivity index (χ2v) is 6.27. The van der Waals surface area contributed by atoms with Crippen molar-refractivity contribution in [2.45, 2.75) is 38.1 Å². The van der Waals surface area contributed by atoms with Crippen molar-refractivity contribution in [1.82, 2.24) is 0 Å². The van der Waals surface area contributed by atoms with Crippen molar-refractivity contribution < 1.29 is 0 Å². The van der Waals surface area contributed by atoms with Crippen LogP contribution in [-0.2, 0) is 19.3 Å². The van der Waals surface area contributed by atoms with E-state index in [2.05, 4.69) is 36.4 Å². The van der Waals surface area contributed by atoms with E-state index in [0.29, 0.717) is 0 Å². The molecule has 0 saturated carbocycles. The molecule has 2 heteroatoms. The minimum absolute atomic E-state index is 0.156. The molecule has 1 unspecified atom stereocenters. The van der Waals surface area contributed by atoms with Gasteiger partial charge in [-0.15, -0.1) is 11.3 Å². The smallest absolute Gasteiger partial charge is 0.0430 e. The molecule has 1 aromatic heterocycles. The summed E-state index contributed by atoms with van der Waals surface area (Å²) in [5, 5.41) is 0. The van der Waals surface area contributed by atoms with E-state index in [1.807, 2.05) is 11.3 Å². The van der Waals surface area contributed by atoms with Crippen molar-refractivity contribution in [1.29, 1.82) is 0 Å². The molecule has 0 amide bonds. The number of fused-ring (bicyclic) bond motifs is 1. The lowest BCUT2D eigenvalue weighted by atomic mass is 9.98. The number of benzene rings is 1. The maximum Gasteiger partial charge on any atom is 0.0430 e. The van der Waals surface area contributed by atoms with Gasteiger partial charge in [-0.25, -0.2) is 0 Å². The van der Waals surface area contributed by atoms with Gasteiger partial charge in [-0.1, -0.05) is 30.3 Å². The summed E-state index contributed by atoms with van der Waals surface area (Å²) in [6, 6.07) is 13.1. The Morgan fingerprint density at radius 2 is 1.89 bits per heavy atom. The predicted octanol–water partition coefficient (Wildman–Crippen LogP) is 3.87. The van der Waals surface area contributed by atoms with E-state index in [-0.39, 0.29) is 6.04 Å². The second kappa shape index (κ2) is 5.25. The lowest BCUT2D eigenvalue weighted by molar-refractivity contribution is 0.695. The van der Waals surface area contributed by atoms with Gasteiger partial charge in [-0.3, -0.25) is 0 Å². The van der Waals surface area contributed by atoms with Crippen molar-refractivity contribution in [2.24, 2.45) is 5.73 Å². The van der Waals surface area contributed by atoms with Crippen LogP contribution < -0.4 is 5.73 Å². The van der Waals surface area contributed by atoms with Gasteiger partial charge in [0.1, 0.15) is 0 Å². The van der Waals surface area contributed by atoms with Gasteiger partial charge in [0.25, 0.3) is 0 Å². The second-order valence-electron chi connectivity index (χ2n) is 5.10. The predicted molar refractivity (Wildman–Crippen MR) is 78.0 cm³/mol. The molecular formula is C16H19NS. The standard InChI is InChI=1S/C16H19NS/c17-14(10-12-6-2-1-3-7-12)16-11-13-8-4-5-9-15(13)18-16/h1-3,6-7,11,14H,4-5,8-10,17H2. The summed E-state index contributed by atoms with van der Waals surface area (Å²) >= 11 is 1.94. The van der Waals surface area contributed by atoms with E-state index >= 15 is 0 Å².